The molecule has 0 saturated heterocycles. The molecule has 0 radical (unpaired) electrons. The summed E-state index contributed by atoms with van der Waals surface area (Å²) in [5.74, 6) is 8.04. The standard InChI is InChI=1S/C9H16N2O/c1-6-5-7(6)9(11-10)8-3-2-4-12-8/h3,6-7,9,11H,2,4-5,10H2,1H3. The molecule has 1 aliphatic carbocycles. The summed E-state index contributed by atoms with van der Waals surface area (Å²) < 4.78 is 5.47. The topological polar surface area (TPSA) is 47.3 Å². The first kappa shape index (κ1) is 8.08. The van der Waals surface area contributed by atoms with Crippen LogP contribution in [0.2, 0.25) is 0 Å². The van der Waals surface area contributed by atoms with E-state index in [1.54, 1.807) is 0 Å². The van der Waals surface area contributed by atoms with Crippen molar-refractivity contribution in [1.82, 2.24) is 5.43 Å². The average Bonchev–Trinajstić information content (AvgIpc) is 2.60. The second-order valence-electron chi connectivity index (χ2n) is 3.76. The number of rotatable bonds is 3. The van der Waals surface area contributed by atoms with Gasteiger partial charge in [0.15, 0.2) is 0 Å². The number of hydrogen-bond acceptors (Lipinski definition) is 3. The molecule has 68 valence electrons. The van der Waals surface area contributed by atoms with Crippen LogP contribution in [0.25, 0.3) is 0 Å². The van der Waals surface area contributed by atoms with Crippen molar-refractivity contribution in [2.45, 2.75) is 25.8 Å². The summed E-state index contributed by atoms with van der Waals surface area (Å²) in [6, 6.07) is 0.266. The Kier molecular flexibility index (Phi) is 2.07. The second-order valence-corrected chi connectivity index (χ2v) is 3.76. The van der Waals surface area contributed by atoms with E-state index in [1.165, 1.54) is 6.42 Å². The van der Waals surface area contributed by atoms with Crippen LogP contribution in [0, 0.1) is 11.8 Å². The van der Waals surface area contributed by atoms with E-state index in [2.05, 4.69) is 18.4 Å². The lowest BCUT2D eigenvalue weighted by Gasteiger charge is -2.16. The summed E-state index contributed by atoms with van der Waals surface area (Å²) in [4.78, 5) is 0. The van der Waals surface area contributed by atoms with Crippen LogP contribution in [0.4, 0.5) is 0 Å². The fraction of sp³-hybridized carbons (Fsp3) is 0.778. The maximum absolute atomic E-state index is 5.48. The first-order valence-corrected chi connectivity index (χ1v) is 4.62. The van der Waals surface area contributed by atoms with Gasteiger partial charge in [0, 0.05) is 6.42 Å². The molecule has 2 aliphatic rings. The number of hydrazine groups is 1. The van der Waals surface area contributed by atoms with Crippen LogP contribution in [0.15, 0.2) is 11.8 Å². The van der Waals surface area contributed by atoms with E-state index in [0.717, 1.165) is 24.7 Å². The quantitative estimate of drug-likeness (QED) is 0.483. The molecule has 0 spiro atoms. The van der Waals surface area contributed by atoms with Crippen molar-refractivity contribution in [2.24, 2.45) is 17.7 Å². The smallest absolute Gasteiger partial charge is 0.111 e. The van der Waals surface area contributed by atoms with Crippen molar-refractivity contribution < 1.29 is 4.74 Å². The summed E-state index contributed by atoms with van der Waals surface area (Å²) in [5, 5.41) is 0. The minimum Gasteiger partial charge on any atom is -0.496 e. The predicted octanol–water partition coefficient (Wildman–Crippen LogP) is 0.779. The van der Waals surface area contributed by atoms with Crippen molar-refractivity contribution in [3.63, 3.8) is 0 Å². The van der Waals surface area contributed by atoms with E-state index < -0.39 is 0 Å². The van der Waals surface area contributed by atoms with Crippen molar-refractivity contribution in [3.05, 3.63) is 11.8 Å². The predicted molar refractivity (Wildman–Crippen MR) is 47.0 cm³/mol. The molecule has 1 heterocycles. The van der Waals surface area contributed by atoms with Crippen LogP contribution in [-0.2, 0) is 4.74 Å². The van der Waals surface area contributed by atoms with Gasteiger partial charge in [-0.2, -0.15) is 0 Å². The van der Waals surface area contributed by atoms with E-state index >= 15 is 0 Å². The van der Waals surface area contributed by atoms with Crippen molar-refractivity contribution in [1.29, 1.82) is 0 Å². The minimum atomic E-state index is 0.266. The third kappa shape index (κ3) is 1.34. The van der Waals surface area contributed by atoms with Crippen LogP contribution in [0.1, 0.15) is 19.8 Å². The Balaban J connectivity index is 1.98. The Morgan fingerprint density at radius 3 is 2.92 bits per heavy atom. The maximum atomic E-state index is 5.48. The molecule has 12 heavy (non-hydrogen) atoms. The summed E-state index contributed by atoms with van der Waals surface area (Å²) in [7, 11) is 0. The fourth-order valence-corrected chi connectivity index (χ4v) is 1.89. The average molecular weight is 168 g/mol. The number of nitrogens with two attached hydrogens (primary N) is 1. The Morgan fingerprint density at radius 1 is 1.75 bits per heavy atom. The Labute approximate surface area is 72.9 Å². The van der Waals surface area contributed by atoms with Gasteiger partial charge >= 0.3 is 0 Å². The van der Waals surface area contributed by atoms with E-state index in [9.17, 15) is 0 Å². The SMILES string of the molecule is CC1CC1C(NN)C1=CCCO1. The molecule has 0 aromatic heterocycles. The molecule has 1 fully saturated rings. The van der Waals surface area contributed by atoms with Gasteiger partial charge in [-0.05, 0) is 24.3 Å². The Morgan fingerprint density at radius 2 is 2.50 bits per heavy atom. The van der Waals surface area contributed by atoms with Crippen molar-refractivity contribution in [2.75, 3.05) is 6.61 Å². The normalized spacial score (nSPS) is 35.7. The molecule has 3 heteroatoms. The summed E-state index contributed by atoms with van der Waals surface area (Å²) in [6.07, 6.45) is 4.46. The highest BCUT2D eigenvalue weighted by molar-refractivity contribution is 5.12. The lowest BCUT2D eigenvalue weighted by atomic mass is 10.1. The third-order valence-electron chi connectivity index (χ3n) is 2.82. The molecule has 3 N–H and O–H groups in total. The first-order valence-electron chi connectivity index (χ1n) is 4.62. The van der Waals surface area contributed by atoms with Crippen molar-refractivity contribution >= 4 is 0 Å². The maximum Gasteiger partial charge on any atom is 0.111 e. The monoisotopic (exact) mass is 168 g/mol. The lowest BCUT2D eigenvalue weighted by molar-refractivity contribution is 0.206. The zero-order valence-corrected chi connectivity index (χ0v) is 7.42. The zero-order chi connectivity index (χ0) is 8.55. The van der Waals surface area contributed by atoms with Crippen LogP contribution in [-0.4, -0.2) is 12.6 Å². The van der Waals surface area contributed by atoms with Gasteiger partial charge in [-0.25, -0.2) is 5.43 Å². The third-order valence-corrected chi connectivity index (χ3v) is 2.82. The highest BCUT2D eigenvalue weighted by Crippen LogP contribution is 2.43. The number of ether oxygens (including phenoxy) is 1. The van der Waals surface area contributed by atoms with Gasteiger partial charge in [0.25, 0.3) is 0 Å². The Bertz CT molecular complexity index is 203. The second kappa shape index (κ2) is 3.07. The molecule has 3 unspecified atom stereocenters. The number of nitrogens with one attached hydrogen (secondary N) is 1. The molecule has 0 aromatic carbocycles. The molecular formula is C9H16N2O. The zero-order valence-electron chi connectivity index (χ0n) is 7.42. The Hall–Kier alpha value is -0.540. The minimum absolute atomic E-state index is 0.266. The van der Waals surface area contributed by atoms with Crippen molar-refractivity contribution in [3.8, 4) is 0 Å². The van der Waals surface area contributed by atoms with Crippen LogP contribution in [0.3, 0.4) is 0 Å². The van der Waals surface area contributed by atoms with Gasteiger partial charge < -0.3 is 4.74 Å². The molecule has 0 aromatic rings. The molecule has 0 bridgehead atoms. The summed E-state index contributed by atoms with van der Waals surface area (Å²) in [6.45, 7) is 3.08. The van der Waals surface area contributed by atoms with E-state index in [0.29, 0.717) is 5.92 Å². The largest absolute Gasteiger partial charge is 0.496 e. The highest BCUT2D eigenvalue weighted by atomic mass is 16.5. The fourth-order valence-electron chi connectivity index (χ4n) is 1.89. The molecule has 1 saturated carbocycles. The van der Waals surface area contributed by atoms with Gasteiger partial charge in [-0.3, -0.25) is 5.84 Å². The van der Waals surface area contributed by atoms with Gasteiger partial charge in [-0.15, -0.1) is 0 Å². The van der Waals surface area contributed by atoms with E-state index in [1.807, 2.05) is 0 Å². The lowest BCUT2D eigenvalue weighted by Crippen LogP contribution is -2.38. The molecule has 0 amide bonds. The van der Waals surface area contributed by atoms with Gasteiger partial charge in [-0.1, -0.05) is 6.92 Å². The van der Waals surface area contributed by atoms with Gasteiger partial charge in [0.2, 0.25) is 0 Å². The van der Waals surface area contributed by atoms with Crippen LogP contribution >= 0.6 is 0 Å². The molecule has 3 atom stereocenters. The molecule has 2 rings (SSSR count). The van der Waals surface area contributed by atoms with Crippen LogP contribution in [0.5, 0.6) is 0 Å². The molecular weight excluding hydrogens is 152 g/mol. The molecule has 1 aliphatic heterocycles. The number of hydrogen-bond donors (Lipinski definition) is 2. The van der Waals surface area contributed by atoms with Crippen LogP contribution < -0.4 is 11.3 Å². The first-order chi connectivity index (χ1) is 5.83. The van der Waals surface area contributed by atoms with Gasteiger partial charge in [0.1, 0.15) is 5.76 Å². The highest BCUT2D eigenvalue weighted by Gasteiger charge is 2.41. The van der Waals surface area contributed by atoms with Gasteiger partial charge in [0.05, 0.1) is 12.6 Å². The summed E-state index contributed by atoms with van der Waals surface area (Å²) in [5.41, 5.74) is 2.84. The van der Waals surface area contributed by atoms with E-state index in [4.69, 9.17) is 10.6 Å². The van der Waals surface area contributed by atoms with E-state index in [-0.39, 0.29) is 6.04 Å². The molecule has 3 nitrogen and oxygen atoms in total. The summed E-state index contributed by atoms with van der Waals surface area (Å²) >= 11 is 0.